The Hall–Kier alpha value is -2.73. The van der Waals surface area contributed by atoms with Gasteiger partial charge in [0.05, 0.1) is 0 Å². The zero-order valence-corrected chi connectivity index (χ0v) is 15.4. The van der Waals surface area contributed by atoms with Crippen molar-refractivity contribution in [3.05, 3.63) is 59.1 Å². The first kappa shape index (κ1) is 19.6. The number of para-hydroxylation sites is 1. The van der Waals surface area contributed by atoms with Gasteiger partial charge >= 0.3 is 0 Å². The number of halogens is 1. The van der Waals surface area contributed by atoms with Gasteiger partial charge in [-0.25, -0.2) is 0 Å². The van der Waals surface area contributed by atoms with Gasteiger partial charge in [-0.2, -0.15) is 0 Å². The molecule has 0 radical (unpaired) electrons. The highest BCUT2D eigenvalue weighted by Gasteiger charge is 2.19. The molecule has 2 amide bonds. The maximum atomic E-state index is 12.2. The van der Waals surface area contributed by atoms with Gasteiger partial charge in [-0.05, 0) is 49.2 Å². The van der Waals surface area contributed by atoms with Crippen molar-refractivity contribution in [2.45, 2.75) is 26.4 Å². The topological polar surface area (TPSA) is 76.7 Å². The van der Waals surface area contributed by atoms with Gasteiger partial charge in [0.25, 0.3) is 11.8 Å². The molecule has 2 rings (SSSR count). The van der Waals surface area contributed by atoms with Gasteiger partial charge in [-0.3, -0.25) is 20.4 Å². The monoisotopic (exact) mass is 376 g/mol. The Morgan fingerprint density at radius 1 is 1.08 bits per heavy atom. The number of carbonyl (C=O) groups is 2. The molecule has 0 saturated carbocycles. The standard InChI is InChI=1S/C19H21ClN2O4/c1-3-16(26-17-7-5-4-6-13(17)2)19(24)22-21-18(23)12-25-15-10-8-14(20)9-11-15/h4-11,16H,3,12H2,1-2H3,(H,21,23)(H,22,24). The summed E-state index contributed by atoms with van der Waals surface area (Å²) in [4.78, 5) is 24.0. The zero-order valence-electron chi connectivity index (χ0n) is 14.6. The third-order valence-corrected chi connectivity index (χ3v) is 3.79. The van der Waals surface area contributed by atoms with Crippen LogP contribution in [0.15, 0.2) is 48.5 Å². The number of amides is 2. The second-order valence-electron chi connectivity index (χ2n) is 5.56. The summed E-state index contributed by atoms with van der Waals surface area (Å²) in [5.74, 6) is 0.215. The summed E-state index contributed by atoms with van der Waals surface area (Å²) in [5, 5.41) is 0.577. The summed E-state index contributed by atoms with van der Waals surface area (Å²) < 4.78 is 11.0. The molecule has 0 aliphatic heterocycles. The Kier molecular flexibility index (Phi) is 7.29. The van der Waals surface area contributed by atoms with E-state index in [1.165, 1.54) is 0 Å². The molecule has 2 aromatic carbocycles. The van der Waals surface area contributed by atoms with E-state index >= 15 is 0 Å². The minimum absolute atomic E-state index is 0.239. The summed E-state index contributed by atoms with van der Waals surface area (Å²) in [7, 11) is 0. The van der Waals surface area contributed by atoms with Crippen molar-refractivity contribution in [3.63, 3.8) is 0 Å². The van der Waals surface area contributed by atoms with Crippen molar-refractivity contribution in [2.75, 3.05) is 6.61 Å². The van der Waals surface area contributed by atoms with Crippen molar-refractivity contribution >= 4 is 23.4 Å². The molecule has 0 aliphatic carbocycles. The average molecular weight is 377 g/mol. The van der Waals surface area contributed by atoms with E-state index in [1.807, 2.05) is 32.0 Å². The van der Waals surface area contributed by atoms with Crippen LogP contribution in [-0.4, -0.2) is 24.5 Å². The molecule has 0 aromatic heterocycles. The van der Waals surface area contributed by atoms with E-state index in [9.17, 15) is 9.59 Å². The predicted octanol–water partition coefficient (Wildman–Crippen LogP) is 3.03. The third-order valence-electron chi connectivity index (χ3n) is 3.53. The normalized spacial score (nSPS) is 11.3. The van der Waals surface area contributed by atoms with Gasteiger partial charge in [-0.15, -0.1) is 0 Å². The molecule has 0 spiro atoms. The molecule has 0 saturated heterocycles. The number of rotatable bonds is 7. The van der Waals surface area contributed by atoms with Crippen LogP contribution in [0.5, 0.6) is 11.5 Å². The first-order chi connectivity index (χ1) is 12.5. The molecule has 0 bridgehead atoms. The molecule has 26 heavy (non-hydrogen) atoms. The fraction of sp³-hybridized carbons (Fsp3) is 0.263. The number of ether oxygens (including phenoxy) is 2. The van der Waals surface area contributed by atoms with E-state index in [-0.39, 0.29) is 6.61 Å². The van der Waals surface area contributed by atoms with E-state index in [0.717, 1.165) is 5.56 Å². The molecular weight excluding hydrogens is 356 g/mol. The van der Waals surface area contributed by atoms with E-state index in [0.29, 0.717) is 22.9 Å². The predicted molar refractivity (Wildman–Crippen MR) is 99.1 cm³/mol. The molecule has 0 heterocycles. The van der Waals surface area contributed by atoms with Crippen LogP contribution in [0.2, 0.25) is 5.02 Å². The third kappa shape index (κ3) is 5.97. The molecule has 2 N–H and O–H groups in total. The lowest BCUT2D eigenvalue weighted by molar-refractivity contribution is -0.134. The van der Waals surface area contributed by atoms with Gasteiger partial charge in [-0.1, -0.05) is 36.7 Å². The van der Waals surface area contributed by atoms with E-state index < -0.39 is 17.9 Å². The lowest BCUT2D eigenvalue weighted by atomic mass is 10.2. The smallest absolute Gasteiger partial charge is 0.279 e. The fourth-order valence-corrected chi connectivity index (χ4v) is 2.22. The van der Waals surface area contributed by atoms with Crippen molar-refractivity contribution < 1.29 is 19.1 Å². The van der Waals surface area contributed by atoms with E-state index in [2.05, 4.69) is 10.9 Å². The minimum atomic E-state index is -0.714. The number of benzene rings is 2. The molecular formula is C19H21ClN2O4. The SMILES string of the molecule is CCC(Oc1ccccc1C)C(=O)NNC(=O)COc1ccc(Cl)cc1. The summed E-state index contributed by atoms with van der Waals surface area (Å²) in [6.45, 7) is 3.49. The molecule has 6 nitrogen and oxygen atoms in total. The van der Waals surface area contributed by atoms with Crippen LogP contribution in [-0.2, 0) is 9.59 Å². The Balaban J connectivity index is 1.79. The number of carbonyl (C=O) groups excluding carboxylic acids is 2. The Labute approximate surface area is 157 Å². The highest BCUT2D eigenvalue weighted by molar-refractivity contribution is 6.30. The average Bonchev–Trinajstić information content (AvgIpc) is 2.65. The van der Waals surface area contributed by atoms with Crippen LogP contribution in [0, 0.1) is 6.92 Å². The van der Waals surface area contributed by atoms with Gasteiger partial charge in [0, 0.05) is 5.02 Å². The van der Waals surface area contributed by atoms with Gasteiger partial charge < -0.3 is 9.47 Å². The van der Waals surface area contributed by atoms with E-state index in [4.69, 9.17) is 21.1 Å². The van der Waals surface area contributed by atoms with E-state index in [1.54, 1.807) is 30.3 Å². The highest BCUT2D eigenvalue weighted by atomic mass is 35.5. The molecule has 1 unspecified atom stereocenters. The summed E-state index contributed by atoms with van der Waals surface area (Å²) in [6.07, 6.45) is -0.259. The summed E-state index contributed by atoms with van der Waals surface area (Å²) in [5.41, 5.74) is 5.59. The van der Waals surface area contributed by atoms with Crippen LogP contribution < -0.4 is 20.3 Å². The second kappa shape index (κ2) is 9.68. The fourth-order valence-electron chi connectivity index (χ4n) is 2.09. The number of hydrazine groups is 1. The van der Waals surface area contributed by atoms with Gasteiger partial charge in [0.15, 0.2) is 12.7 Å². The zero-order chi connectivity index (χ0) is 18.9. The number of hydrogen-bond acceptors (Lipinski definition) is 4. The molecule has 7 heteroatoms. The van der Waals surface area contributed by atoms with Crippen molar-refractivity contribution in [2.24, 2.45) is 0 Å². The van der Waals surface area contributed by atoms with Crippen LogP contribution in [0.4, 0.5) is 0 Å². The lowest BCUT2D eigenvalue weighted by Gasteiger charge is -2.18. The largest absolute Gasteiger partial charge is 0.484 e. The van der Waals surface area contributed by atoms with Crippen LogP contribution >= 0.6 is 11.6 Å². The van der Waals surface area contributed by atoms with Gasteiger partial charge in [0.1, 0.15) is 11.5 Å². The summed E-state index contributed by atoms with van der Waals surface area (Å²) in [6, 6.07) is 14.0. The summed E-state index contributed by atoms with van der Waals surface area (Å²) >= 11 is 5.78. The van der Waals surface area contributed by atoms with Crippen LogP contribution in [0.1, 0.15) is 18.9 Å². The Bertz CT molecular complexity index is 749. The molecule has 2 aromatic rings. The Morgan fingerprint density at radius 3 is 2.42 bits per heavy atom. The molecule has 0 fully saturated rings. The van der Waals surface area contributed by atoms with Gasteiger partial charge in [0.2, 0.25) is 0 Å². The first-order valence-corrected chi connectivity index (χ1v) is 8.56. The number of nitrogens with one attached hydrogen (secondary N) is 2. The van der Waals surface area contributed by atoms with Crippen LogP contribution in [0.3, 0.4) is 0 Å². The van der Waals surface area contributed by atoms with Crippen LogP contribution in [0.25, 0.3) is 0 Å². The Morgan fingerprint density at radius 2 is 1.77 bits per heavy atom. The minimum Gasteiger partial charge on any atom is -0.484 e. The number of hydrogen-bond donors (Lipinski definition) is 2. The maximum absolute atomic E-state index is 12.2. The maximum Gasteiger partial charge on any atom is 0.279 e. The quantitative estimate of drug-likeness (QED) is 0.728. The molecule has 138 valence electrons. The highest BCUT2D eigenvalue weighted by Crippen LogP contribution is 2.18. The van der Waals surface area contributed by atoms with Crippen molar-refractivity contribution in [1.29, 1.82) is 0 Å². The van der Waals surface area contributed by atoms with Crippen molar-refractivity contribution in [1.82, 2.24) is 10.9 Å². The molecule has 0 aliphatic rings. The first-order valence-electron chi connectivity index (χ1n) is 8.19. The number of aryl methyl sites for hydroxylation is 1. The second-order valence-corrected chi connectivity index (χ2v) is 6.00. The lowest BCUT2D eigenvalue weighted by Crippen LogP contribution is -2.49. The molecule has 1 atom stereocenters. The van der Waals surface area contributed by atoms with Crippen molar-refractivity contribution in [3.8, 4) is 11.5 Å².